The number of hydrogen-bond donors (Lipinski definition) is 2. The molecule has 0 aliphatic carbocycles. The lowest BCUT2D eigenvalue weighted by molar-refractivity contribution is -0.141. The molecule has 0 aliphatic heterocycles. The first-order chi connectivity index (χ1) is 8.95. The Hall–Kier alpha value is -1.82. The first-order valence-electron chi connectivity index (χ1n) is 6.05. The molecule has 2 N–H and O–H groups in total. The van der Waals surface area contributed by atoms with Crippen LogP contribution in [-0.2, 0) is 14.3 Å². The molecule has 0 unspecified atom stereocenters. The van der Waals surface area contributed by atoms with E-state index in [1.54, 1.807) is 0 Å². The Morgan fingerprint density at radius 3 is 2.16 bits per heavy atom. The third-order valence-corrected chi connectivity index (χ3v) is 2.35. The summed E-state index contributed by atoms with van der Waals surface area (Å²) >= 11 is 0. The van der Waals surface area contributed by atoms with Gasteiger partial charge in [0.1, 0.15) is 5.76 Å². The average Bonchev–Trinajstić information content (AvgIpc) is 2.31. The van der Waals surface area contributed by atoms with E-state index in [0.717, 1.165) is 19.3 Å². The maximum atomic E-state index is 10.6. The Morgan fingerprint density at radius 2 is 1.68 bits per heavy atom. The predicted octanol–water partition coefficient (Wildman–Crippen LogP) is 1.34. The molecule has 0 aromatic rings. The molecule has 0 aromatic heterocycles. The lowest BCUT2D eigenvalue weighted by Gasteiger charge is -2.17. The summed E-state index contributed by atoms with van der Waals surface area (Å²) in [6, 6.07) is 0. The molecule has 0 spiro atoms. The van der Waals surface area contributed by atoms with E-state index in [-0.39, 0.29) is 13.1 Å². The largest absolute Gasteiger partial charge is 0.494 e. The number of nitrogens with zero attached hydrogens (tertiary/aromatic N) is 1. The molecule has 0 saturated heterocycles. The van der Waals surface area contributed by atoms with Gasteiger partial charge in [0.15, 0.2) is 0 Å². The van der Waals surface area contributed by atoms with E-state index in [4.69, 9.17) is 14.9 Å². The molecule has 6 heteroatoms. The smallest absolute Gasteiger partial charge is 0.317 e. The van der Waals surface area contributed by atoms with Crippen LogP contribution in [0, 0.1) is 0 Å². The van der Waals surface area contributed by atoms with Crippen LogP contribution in [0.15, 0.2) is 25.0 Å². The quantitative estimate of drug-likeness (QED) is 0.316. The molecule has 0 fully saturated rings. The number of carboxylic acids is 2. The van der Waals surface area contributed by atoms with Crippen molar-refractivity contribution in [3.63, 3.8) is 0 Å². The molecule has 0 atom stereocenters. The van der Waals surface area contributed by atoms with Gasteiger partial charge in [-0.15, -0.1) is 0 Å². The molecule has 0 amide bonds. The highest BCUT2D eigenvalue weighted by molar-refractivity contribution is 5.72. The molecule has 6 nitrogen and oxygen atoms in total. The third-order valence-electron chi connectivity index (χ3n) is 2.35. The number of unbranched alkanes of at least 4 members (excludes halogenated alkanes) is 2. The monoisotopic (exact) mass is 271 g/mol. The second-order valence-electron chi connectivity index (χ2n) is 4.08. The maximum absolute atomic E-state index is 10.6. The van der Waals surface area contributed by atoms with Gasteiger partial charge >= 0.3 is 11.9 Å². The van der Waals surface area contributed by atoms with Crippen LogP contribution in [0.3, 0.4) is 0 Å². The van der Waals surface area contributed by atoms with Crippen molar-refractivity contribution >= 4 is 11.9 Å². The van der Waals surface area contributed by atoms with Gasteiger partial charge in [-0.2, -0.15) is 0 Å². The first-order valence-corrected chi connectivity index (χ1v) is 6.05. The topological polar surface area (TPSA) is 87.1 Å². The fraction of sp³-hybridized carbons (Fsp3) is 0.538. The van der Waals surface area contributed by atoms with Crippen molar-refractivity contribution in [3.8, 4) is 0 Å². The zero-order valence-corrected chi connectivity index (χ0v) is 11.0. The highest BCUT2D eigenvalue weighted by Gasteiger charge is 2.12. The van der Waals surface area contributed by atoms with Crippen molar-refractivity contribution in [1.29, 1.82) is 0 Å². The van der Waals surface area contributed by atoms with Crippen molar-refractivity contribution in [2.24, 2.45) is 0 Å². The van der Waals surface area contributed by atoms with Crippen LogP contribution in [0.1, 0.15) is 19.3 Å². The summed E-state index contributed by atoms with van der Waals surface area (Å²) < 4.78 is 5.21. The molecule has 0 saturated carbocycles. The average molecular weight is 271 g/mol. The highest BCUT2D eigenvalue weighted by Crippen LogP contribution is 2.02. The molecule has 0 radical (unpaired) electrons. The van der Waals surface area contributed by atoms with Crippen molar-refractivity contribution in [2.45, 2.75) is 19.3 Å². The molecule has 19 heavy (non-hydrogen) atoms. The number of carboxylic acid groups (broad SMARTS) is 2. The van der Waals surface area contributed by atoms with E-state index < -0.39 is 11.9 Å². The number of rotatable bonds is 12. The Morgan fingerprint density at radius 1 is 1.11 bits per heavy atom. The Kier molecular flexibility index (Phi) is 9.16. The van der Waals surface area contributed by atoms with Gasteiger partial charge in [-0.25, -0.2) is 0 Å². The Labute approximate surface area is 113 Å². The summed E-state index contributed by atoms with van der Waals surface area (Å²) in [5.41, 5.74) is 0. The second-order valence-corrected chi connectivity index (χ2v) is 4.08. The molecule has 0 aliphatic rings. The van der Waals surface area contributed by atoms with Crippen molar-refractivity contribution in [3.05, 3.63) is 25.0 Å². The van der Waals surface area contributed by atoms with Gasteiger partial charge in [0.2, 0.25) is 0 Å². The second kappa shape index (κ2) is 10.1. The van der Waals surface area contributed by atoms with Gasteiger partial charge in [-0.1, -0.05) is 13.2 Å². The van der Waals surface area contributed by atoms with Crippen LogP contribution in [-0.4, -0.2) is 53.3 Å². The minimum absolute atomic E-state index is 0.254. The van der Waals surface area contributed by atoms with Crippen LogP contribution in [0.25, 0.3) is 0 Å². The summed E-state index contributed by atoms with van der Waals surface area (Å²) in [5, 5.41) is 17.3. The lowest BCUT2D eigenvalue weighted by atomic mass is 10.2. The molecule has 108 valence electrons. The lowest BCUT2D eigenvalue weighted by Crippen LogP contribution is -2.35. The van der Waals surface area contributed by atoms with E-state index >= 15 is 0 Å². The summed E-state index contributed by atoms with van der Waals surface area (Å²) in [6.45, 7) is 7.59. The van der Waals surface area contributed by atoms with E-state index in [1.807, 2.05) is 0 Å². The van der Waals surface area contributed by atoms with Crippen LogP contribution in [0.5, 0.6) is 0 Å². The number of hydrogen-bond acceptors (Lipinski definition) is 4. The van der Waals surface area contributed by atoms with Crippen LogP contribution < -0.4 is 0 Å². The van der Waals surface area contributed by atoms with Crippen molar-refractivity contribution < 1.29 is 24.5 Å². The van der Waals surface area contributed by atoms with E-state index in [2.05, 4.69) is 13.2 Å². The van der Waals surface area contributed by atoms with Gasteiger partial charge in [0.05, 0.1) is 19.7 Å². The van der Waals surface area contributed by atoms with Gasteiger partial charge in [0.25, 0.3) is 0 Å². The number of allylic oxidation sites excluding steroid dienone is 1. The van der Waals surface area contributed by atoms with Crippen LogP contribution >= 0.6 is 0 Å². The van der Waals surface area contributed by atoms with Crippen molar-refractivity contribution in [1.82, 2.24) is 4.90 Å². The Balaban J connectivity index is 3.74. The van der Waals surface area contributed by atoms with E-state index in [9.17, 15) is 9.59 Å². The minimum Gasteiger partial charge on any atom is -0.494 e. The third kappa shape index (κ3) is 11.0. The molecule has 0 bridgehead atoms. The van der Waals surface area contributed by atoms with Crippen LogP contribution in [0.4, 0.5) is 0 Å². The van der Waals surface area contributed by atoms with E-state index in [1.165, 1.54) is 11.0 Å². The first kappa shape index (κ1) is 17.2. The van der Waals surface area contributed by atoms with Gasteiger partial charge < -0.3 is 14.9 Å². The zero-order chi connectivity index (χ0) is 14.7. The summed E-state index contributed by atoms with van der Waals surface area (Å²) in [7, 11) is 0. The predicted molar refractivity (Wildman–Crippen MR) is 70.9 cm³/mol. The normalized spacial score (nSPS) is 10.2. The summed E-state index contributed by atoms with van der Waals surface area (Å²) in [4.78, 5) is 22.5. The Bertz CT molecular complexity index is 311. The van der Waals surface area contributed by atoms with Gasteiger partial charge in [-0.3, -0.25) is 14.5 Å². The standard InChI is InChI=1S/C13H21NO5/c1-3-11(2)19-8-6-4-5-7-14(9-12(15)16)10-13(17)18/h3H,1-2,4-10H2,(H,15,16)(H,17,18). The maximum Gasteiger partial charge on any atom is 0.317 e. The highest BCUT2D eigenvalue weighted by atomic mass is 16.5. The molecular weight excluding hydrogens is 250 g/mol. The zero-order valence-electron chi connectivity index (χ0n) is 11.0. The summed E-state index contributed by atoms with van der Waals surface area (Å²) in [5.74, 6) is -1.52. The fourth-order valence-corrected chi connectivity index (χ4v) is 1.47. The molecular formula is C13H21NO5. The fourth-order valence-electron chi connectivity index (χ4n) is 1.47. The molecule has 0 aromatic carbocycles. The number of carbonyl (C=O) groups is 2. The van der Waals surface area contributed by atoms with Crippen LogP contribution in [0.2, 0.25) is 0 Å². The summed E-state index contributed by atoms with van der Waals surface area (Å²) in [6.07, 6.45) is 3.90. The molecule has 0 heterocycles. The van der Waals surface area contributed by atoms with Gasteiger partial charge in [0, 0.05) is 0 Å². The van der Waals surface area contributed by atoms with Gasteiger partial charge in [-0.05, 0) is 31.9 Å². The SMILES string of the molecule is C=CC(=C)OCCCCCN(CC(=O)O)CC(=O)O. The van der Waals surface area contributed by atoms with Crippen molar-refractivity contribution in [2.75, 3.05) is 26.2 Å². The number of aliphatic carboxylic acids is 2. The minimum atomic E-state index is -1.02. The number of ether oxygens (including phenoxy) is 1. The van der Waals surface area contributed by atoms with E-state index in [0.29, 0.717) is 18.9 Å². The molecule has 0 rings (SSSR count).